The molecule has 126 valence electrons. The van der Waals surface area contributed by atoms with Gasteiger partial charge in [-0.15, -0.1) is 0 Å². The first-order valence-corrected chi connectivity index (χ1v) is 7.73. The summed E-state index contributed by atoms with van der Waals surface area (Å²) in [4.78, 5) is 11.4. The standard InChI is InChI=1S/C17H10BrF3N4/c1-3-9-12(22-2)6-11(20)16(15(9)21)25-17-14-10(19)4-8(18)5-13(14)23-7-24-17/h3-7H,1-2H2,(H,23,24,25). The van der Waals surface area contributed by atoms with Crippen LogP contribution in [0.1, 0.15) is 5.56 Å². The highest BCUT2D eigenvalue weighted by atomic mass is 79.9. The van der Waals surface area contributed by atoms with E-state index in [1.54, 1.807) is 6.07 Å². The molecule has 3 aromatic rings. The van der Waals surface area contributed by atoms with Crippen LogP contribution in [-0.4, -0.2) is 16.7 Å². The van der Waals surface area contributed by atoms with Crippen LogP contribution in [0.2, 0.25) is 0 Å². The second-order valence-corrected chi connectivity index (χ2v) is 5.89. The van der Waals surface area contributed by atoms with Gasteiger partial charge in [0.1, 0.15) is 23.6 Å². The molecule has 1 heterocycles. The summed E-state index contributed by atoms with van der Waals surface area (Å²) >= 11 is 3.16. The molecular weight excluding hydrogens is 397 g/mol. The van der Waals surface area contributed by atoms with Gasteiger partial charge in [-0.1, -0.05) is 28.6 Å². The van der Waals surface area contributed by atoms with Gasteiger partial charge < -0.3 is 5.32 Å². The van der Waals surface area contributed by atoms with Crippen LogP contribution in [0.3, 0.4) is 0 Å². The molecule has 1 N–H and O–H groups in total. The molecule has 4 nitrogen and oxygen atoms in total. The van der Waals surface area contributed by atoms with E-state index in [4.69, 9.17) is 0 Å². The lowest BCUT2D eigenvalue weighted by Gasteiger charge is -2.13. The first-order chi connectivity index (χ1) is 12.0. The Kier molecular flexibility index (Phi) is 4.54. The highest BCUT2D eigenvalue weighted by Gasteiger charge is 2.19. The van der Waals surface area contributed by atoms with Gasteiger partial charge in [-0.2, -0.15) is 0 Å². The van der Waals surface area contributed by atoms with Crippen LogP contribution in [0.25, 0.3) is 17.0 Å². The minimum Gasteiger partial charge on any atom is -0.335 e. The number of nitrogens with one attached hydrogen (secondary N) is 1. The number of anilines is 2. The molecule has 0 bridgehead atoms. The summed E-state index contributed by atoms with van der Waals surface area (Å²) in [7, 11) is 0. The van der Waals surface area contributed by atoms with Crippen molar-refractivity contribution in [2.45, 2.75) is 0 Å². The molecule has 0 fully saturated rings. The maximum Gasteiger partial charge on any atom is 0.159 e. The van der Waals surface area contributed by atoms with Crippen LogP contribution in [-0.2, 0) is 0 Å². The number of aliphatic imine (C=N–C) groups is 1. The molecule has 0 aliphatic carbocycles. The monoisotopic (exact) mass is 406 g/mol. The number of halogens is 4. The van der Waals surface area contributed by atoms with E-state index in [9.17, 15) is 13.2 Å². The third-order valence-electron chi connectivity index (χ3n) is 3.51. The molecule has 1 aromatic heterocycles. The van der Waals surface area contributed by atoms with E-state index < -0.39 is 23.1 Å². The summed E-state index contributed by atoms with van der Waals surface area (Å²) in [6.45, 7) is 6.75. The number of rotatable bonds is 4. The van der Waals surface area contributed by atoms with Crippen LogP contribution in [0, 0.1) is 17.5 Å². The van der Waals surface area contributed by atoms with E-state index in [1.807, 2.05) is 0 Å². The molecule has 0 radical (unpaired) electrons. The van der Waals surface area contributed by atoms with Crippen molar-refractivity contribution in [2.75, 3.05) is 5.32 Å². The quantitative estimate of drug-likeness (QED) is 0.579. The average molecular weight is 407 g/mol. The fourth-order valence-electron chi connectivity index (χ4n) is 2.38. The van der Waals surface area contributed by atoms with Crippen LogP contribution in [0.5, 0.6) is 0 Å². The largest absolute Gasteiger partial charge is 0.335 e. The molecule has 0 unspecified atom stereocenters. The maximum atomic E-state index is 14.6. The molecular formula is C17H10BrF3N4. The highest BCUT2D eigenvalue weighted by molar-refractivity contribution is 9.10. The zero-order chi connectivity index (χ0) is 18.1. The van der Waals surface area contributed by atoms with Gasteiger partial charge in [-0.05, 0) is 18.9 Å². The van der Waals surface area contributed by atoms with Crippen molar-refractivity contribution < 1.29 is 13.2 Å². The van der Waals surface area contributed by atoms with Gasteiger partial charge in [0, 0.05) is 16.1 Å². The smallest absolute Gasteiger partial charge is 0.159 e. The zero-order valence-corrected chi connectivity index (χ0v) is 14.2. The third-order valence-corrected chi connectivity index (χ3v) is 3.96. The van der Waals surface area contributed by atoms with Gasteiger partial charge in [-0.25, -0.2) is 23.1 Å². The molecule has 3 rings (SSSR count). The topological polar surface area (TPSA) is 50.2 Å². The summed E-state index contributed by atoms with van der Waals surface area (Å²) in [6, 6.07) is 3.78. The van der Waals surface area contributed by atoms with Gasteiger partial charge in [0.25, 0.3) is 0 Å². The van der Waals surface area contributed by atoms with Crippen LogP contribution >= 0.6 is 15.9 Å². The first kappa shape index (κ1) is 17.1. The van der Waals surface area contributed by atoms with Crippen molar-refractivity contribution in [1.29, 1.82) is 0 Å². The predicted molar refractivity (Wildman–Crippen MR) is 96.1 cm³/mol. The number of benzene rings is 2. The third kappa shape index (κ3) is 3.00. The minimum absolute atomic E-state index is 0.00979. The Balaban J connectivity index is 2.20. The Labute approximate surface area is 149 Å². The number of fused-ring (bicyclic) bond motifs is 1. The Bertz CT molecular complexity index is 1020. The van der Waals surface area contributed by atoms with E-state index in [1.165, 1.54) is 18.5 Å². The van der Waals surface area contributed by atoms with Crippen LogP contribution < -0.4 is 5.32 Å². The van der Waals surface area contributed by atoms with Crippen molar-refractivity contribution in [1.82, 2.24) is 9.97 Å². The molecule has 0 saturated heterocycles. The molecule has 2 aromatic carbocycles. The summed E-state index contributed by atoms with van der Waals surface area (Å²) in [6.07, 6.45) is 2.36. The molecule has 25 heavy (non-hydrogen) atoms. The van der Waals surface area contributed by atoms with Crippen molar-refractivity contribution in [3.05, 3.63) is 58.6 Å². The Hall–Kier alpha value is -2.74. The minimum atomic E-state index is -0.929. The van der Waals surface area contributed by atoms with Crippen molar-refractivity contribution in [3.63, 3.8) is 0 Å². The number of nitrogens with zero attached hydrogens (tertiary/aromatic N) is 3. The van der Waals surface area contributed by atoms with Crippen molar-refractivity contribution in [2.24, 2.45) is 4.99 Å². The van der Waals surface area contributed by atoms with Crippen molar-refractivity contribution in [3.8, 4) is 0 Å². The van der Waals surface area contributed by atoms with Crippen LogP contribution in [0.15, 0.2) is 40.6 Å². The Morgan fingerprint density at radius 1 is 1.12 bits per heavy atom. The lowest BCUT2D eigenvalue weighted by molar-refractivity contribution is 0.589. The fourth-order valence-corrected chi connectivity index (χ4v) is 2.80. The van der Waals surface area contributed by atoms with E-state index in [0.29, 0.717) is 4.47 Å². The summed E-state index contributed by atoms with van der Waals surface area (Å²) < 4.78 is 43.7. The molecule has 0 saturated carbocycles. The zero-order valence-electron chi connectivity index (χ0n) is 12.7. The lowest BCUT2D eigenvalue weighted by atomic mass is 10.1. The lowest BCUT2D eigenvalue weighted by Crippen LogP contribution is -2.03. The molecule has 0 atom stereocenters. The number of hydrogen-bond donors (Lipinski definition) is 1. The van der Waals surface area contributed by atoms with Gasteiger partial charge >= 0.3 is 0 Å². The van der Waals surface area contributed by atoms with E-state index in [0.717, 1.165) is 6.07 Å². The summed E-state index contributed by atoms with van der Waals surface area (Å²) in [5.74, 6) is -2.56. The van der Waals surface area contributed by atoms with Gasteiger partial charge in [-0.3, -0.25) is 4.99 Å². The molecule has 8 heteroatoms. The number of aromatic nitrogens is 2. The molecule has 0 aliphatic heterocycles. The maximum absolute atomic E-state index is 14.6. The van der Waals surface area contributed by atoms with E-state index in [2.05, 4.69) is 49.5 Å². The number of hydrogen-bond acceptors (Lipinski definition) is 4. The second kappa shape index (κ2) is 6.64. The summed E-state index contributed by atoms with van der Waals surface area (Å²) in [5, 5.41) is 2.51. The fraction of sp³-hybridized carbons (Fsp3) is 0. The Morgan fingerprint density at radius 3 is 2.56 bits per heavy atom. The average Bonchev–Trinajstić information content (AvgIpc) is 2.57. The Morgan fingerprint density at radius 2 is 1.88 bits per heavy atom. The normalized spacial score (nSPS) is 10.7. The molecule has 0 amide bonds. The van der Waals surface area contributed by atoms with Gasteiger partial charge in [0.15, 0.2) is 11.6 Å². The van der Waals surface area contributed by atoms with E-state index >= 15 is 0 Å². The highest BCUT2D eigenvalue weighted by Crippen LogP contribution is 2.35. The van der Waals surface area contributed by atoms with Gasteiger partial charge in [0.2, 0.25) is 0 Å². The van der Waals surface area contributed by atoms with Crippen molar-refractivity contribution >= 4 is 56.8 Å². The first-order valence-electron chi connectivity index (χ1n) is 6.94. The van der Waals surface area contributed by atoms with Crippen LogP contribution in [0.4, 0.5) is 30.4 Å². The second-order valence-electron chi connectivity index (χ2n) is 4.97. The van der Waals surface area contributed by atoms with Gasteiger partial charge in [0.05, 0.1) is 16.6 Å². The van der Waals surface area contributed by atoms with E-state index in [-0.39, 0.29) is 28.0 Å². The molecule has 0 spiro atoms. The predicted octanol–water partition coefficient (Wildman–Crippen LogP) is 5.53. The SMILES string of the molecule is C=Cc1c(N=C)cc(F)c(Nc2ncnc3cc(Br)cc(F)c23)c1F. The summed E-state index contributed by atoms with van der Waals surface area (Å²) in [5.41, 5.74) is -0.234. The molecule has 0 aliphatic rings.